The topological polar surface area (TPSA) is 29.1 Å². The van der Waals surface area contributed by atoms with Gasteiger partial charge in [-0.25, -0.2) is 0 Å². The molecule has 0 aliphatic carbocycles. The van der Waals surface area contributed by atoms with Crippen LogP contribution in [0.3, 0.4) is 0 Å². The molecule has 0 fully saturated rings. The van der Waals surface area contributed by atoms with Gasteiger partial charge in [-0.2, -0.15) is 0 Å². The monoisotopic (exact) mass is 247 g/mol. The quantitative estimate of drug-likeness (QED) is 0.800. The van der Waals surface area contributed by atoms with Crippen LogP contribution in [0.5, 0.6) is 0 Å². The van der Waals surface area contributed by atoms with Gasteiger partial charge in [0.05, 0.1) is 6.54 Å². The molecule has 0 spiro atoms. The second-order valence-corrected chi connectivity index (χ2v) is 5.95. The lowest BCUT2D eigenvalue weighted by atomic mass is 9.77. The van der Waals surface area contributed by atoms with E-state index in [1.807, 2.05) is 18.2 Å². The van der Waals surface area contributed by atoms with E-state index >= 15 is 0 Å². The Morgan fingerprint density at radius 1 is 1.22 bits per heavy atom. The second kappa shape index (κ2) is 6.69. The molecule has 100 valence electrons. The van der Waals surface area contributed by atoms with E-state index in [1.54, 1.807) is 0 Å². The standard InChI is InChI=1S/C16H25NO/c1-13(2)16(3,4)10-15(18)12-17-11-14-8-6-5-7-9-14/h5-9,13,17H,10-12H2,1-4H3. The van der Waals surface area contributed by atoms with Gasteiger partial charge in [0.15, 0.2) is 0 Å². The summed E-state index contributed by atoms with van der Waals surface area (Å²) in [4.78, 5) is 11.9. The van der Waals surface area contributed by atoms with Crippen molar-refractivity contribution in [3.05, 3.63) is 35.9 Å². The lowest BCUT2D eigenvalue weighted by Crippen LogP contribution is -2.29. The van der Waals surface area contributed by atoms with Crippen LogP contribution in [-0.4, -0.2) is 12.3 Å². The minimum Gasteiger partial charge on any atom is -0.306 e. The summed E-state index contributed by atoms with van der Waals surface area (Å²) in [6.07, 6.45) is 0.645. The first kappa shape index (κ1) is 14.9. The molecule has 0 saturated carbocycles. The van der Waals surface area contributed by atoms with E-state index in [0.717, 1.165) is 6.54 Å². The van der Waals surface area contributed by atoms with E-state index in [-0.39, 0.29) is 5.41 Å². The molecule has 0 unspecified atom stereocenters. The highest BCUT2D eigenvalue weighted by Gasteiger charge is 2.25. The molecule has 2 nitrogen and oxygen atoms in total. The van der Waals surface area contributed by atoms with Crippen LogP contribution in [-0.2, 0) is 11.3 Å². The van der Waals surface area contributed by atoms with Crippen molar-refractivity contribution in [2.75, 3.05) is 6.54 Å². The van der Waals surface area contributed by atoms with Crippen molar-refractivity contribution in [3.8, 4) is 0 Å². The summed E-state index contributed by atoms with van der Waals surface area (Å²) in [5.74, 6) is 0.820. The first-order chi connectivity index (χ1) is 8.42. The average molecular weight is 247 g/mol. The molecular formula is C16H25NO. The van der Waals surface area contributed by atoms with Gasteiger partial charge in [0, 0.05) is 13.0 Å². The largest absolute Gasteiger partial charge is 0.306 e. The lowest BCUT2D eigenvalue weighted by molar-refractivity contribution is -0.120. The van der Waals surface area contributed by atoms with Crippen LogP contribution in [0.15, 0.2) is 30.3 Å². The second-order valence-electron chi connectivity index (χ2n) is 5.95. The van der Waals surface area contributed by atoms with Crippen LogP contribution in [0.4, 0.5) is 0 Å². The van der Waals surface area contributed by atoms with Crippen molar-refractivity contribution in [2.24, 2.45) is 11.3 Å². The Bertz CT molecular complexity index is 368. The third-order valence-corrected chi connectivity index (χ3v) is 3.71. The molecule has 1 aromatic carbocycles. The lowest BCUT2D eigenvalue weighted by Gasteiger charge is -2.28. The number of rotatable bonds is 7. The van der Waals surface area contributed by atoms with Crippen LogP contribution in [0, 0.1) is 11.3 Å². The minimum atomic E-state index is 0.0888. The van der Waals surface area contributed by atoms with E-state index in [2.05, 4.69) is 45.1 Å². The Hall–Kier alpha value is -1.15. The van der Waals surface area contributed by atoms with Gasteiger partial charge in [-0.1, -0.05) is 58.0 Å². The zero-order valence-electron chi connectivity index (χ0n) is 12.0. The molecule has 0 aliphatic heterocycles. The molecule has 0 atom stereocenters. The van der Waals surface area contributed by atoms with Gasteiger partial charge < -0.3 is 5.32 Å². The normalized spacial score (nSPS) is 11.8. The molecule has 1 rings (SSSR count). The predicted molar refractivity (Wildman–Crippen MR) is 76.4 cm³/mol. The molecule has 0 amide bonds. The third-order valence-electron chi connectivity index (χ3n) is 3.71. The van der Waals surface area contributed by atoms with Crippen LogP contribution < -0.4 is 5.32 Å². The Morgan fingerprint density at radius 3 is 2.39 bits per heavy atom. The van der Waals surface area contributed by atoms with Crippen molar-refractivity contribution in [1.29, 1.82) is 0 Å². The van der Waals surface area contributed by atoms with Crippen molar-refractivity contribution in [1.82, 2.24) is 5.32 Å². The number of hydrogen-bond donors (Lipinski definition) is 1. The zero-order valence-corrected chi connectivity index (χ0v) is 12.0. The maximum atomic E-state index is 11.9. The van der Waals surface area contributed by atoms with Crippen molar-refractivity contribution in [2.45, 2.75) is 40.7 Å². The molecule has 0 aliphatic rings. The predicted octanol–water partition coefficient (Wildman–Crippen LogP) is 3.42. The third kappa shape index (κ3) is 5.01. The van der Waals surface area contributed by atoms with Gasteiger partial charge in [-0.3, -0.25) is 4.79 Å². The fraction of sp³-hybridized carbons (Fsp3) is 0.562. The number of Topliss-reactive ketones (excluding diaryl/α,β-unsaturated/α-hetero) is 1. The van der Waals surface area contributed by atoms with Crippen LogP contribution in [0.2, 0.25) is 0 Å². The molecule has 18 heavy (non-hydrogen) atoms. The SMILES string of the molecule is CC(C)C(C)(C)CC(=O)CNCc1ccccc1. The molecular weight excluding hydrogens is 222 g/mol. The average Bonchev–Trinajstić information content (AvgIpc) is 2.29. The summed E-state index contributed by atoms with van der Waals surface area (Å²) in [6, 6.07) is 10.2. The zero-order chi connectivity index (χ0) is 13.6. The molecule has 1 aromatic rings. The van der Waals surface area contributed by atoms with Crippen LogP contribution in [0.25, 0.3) is 0 Å². The fourth-order valence-electron chi connectivity index (χ4n) is 1.72. The number of carbonyl (C=O) groups is 1. The molecule has 0 bridgehead atoms. The summed E-state index contributed by atoms with van der Waals surface area (Å²) in [5.41, 5.74) is 1.30. The molecule has 0 aromatic heterocycles. The molecule has 0 heterocycles. The van der Waals surface area contributed by atoms with Crippen molar-refractivity contribution < 1.29 is 4.79 Å². The Morgan fingerprint density at radius 2 is 1.83 bits per heavy atom. The Kier molecular flexibility index (Phi) is 5.54. The summed E-state index contributed by atoms with van der Waals surface area (Å²) in [7, 11) is 0. The Balaban J connectivity index is 2.30. The minimum absolute atomic E-state index is 0.0888. The summed E-state index contributed by atoms with van der Waals surface area (Å²) in [5, 5.41) is 3.21. The van der Waals surface area contributed by atoms with Gasteiger partial charge in [0.1, 0.15) is 5.78 Å². The van der Waals surface area contributed by atoms with Gasteiger partial charge >= 0.3 is 0 Å². The van der Waals surface area contributed by atoms with Crippen molar-refractivity contribution in [3.63, 3.8) is 0 Å². The van der Waals surface area contributed by atoms with Gasteiger partial charge in [0.25, 0.3) is 0 Å². The fourth-order valence-corrected chi connectivity index (χ4v) is 1.72. The number of benzene rings is 1. The first-order valence-electron chi connectivity index (χ1n) is 6.68. The highest BCUT2D eigenvalue weighted by Crippen LogP contribution is 2.29. The highest BCUT2D eigenvalue weighted by molar-refractivity contribution is 5.81. The van der Waals surface area contributed by atoms with Gasteiger partial charge in [0.2, 0.25) is 0 Å². The van der Waals surface area contributed by atoms with E-state index in [0.29, 0.717) is 24.7 Å². The number of ketones is 1. The number of carbonyl (C=O) groups excluding carboxylic acids is 1. The number of hydrogen-bond acceptors (Lipinski definition) is 2. The highest BCUT2D eigenvalue weighted by atomic mass is 16.1. The van der Waals surface area contributed by atoms with Crippen LogP contribution in [0.1, 0.15) is 39.7 Å². The van der Waals surface area contributed by atoms with Gasteiger partial charge in [-0.05, 0) is 16.9 Å². The maximum absolute atomic E-state index is 11.9. The summed E-state index contributed by atoms with van der Waals surface area (Å²) in [6.45, 7) is 9.88. The van der Waals surface area contributed by atoms with E-state index in [9.17, 15) is 4.79 Å². The molecule has 2 heteroatoms. The summed E-state index contributed by atoms with van der Waals surface area (Å²) >= 11 is 0. The van der Waals surface area contributed by atoms with Crippen LogP contribution >= 0.6 is 0 Å². The molecule has 1 N–H and O–H groups in total. The number of nitrogens with one attached hydrogen (secondary N) is 1. The smallest absolute Gasteiger partial charge is 0.147 e. The Labute approximate surface area is 111 Å². The first-order valence-corrected chi connectivity index (χ1v) is 6.68. The maximum Gasteiger partial charge on any atom is 0.147 e. The molecule has 0 radical (unpaired) electrons. The van der Waals surface area contributed by atoms with E-state index < -0.39 is 0 Å². The van der Waals surface area contributed by atoms with Crippen molar-refractivity contribution >= 4 is 5.78 Å². The summed E-state index contributed by atoms with van der Waals surface area (Å²) < 4.78 is 0. The van der Waals surface area contributed by atoms with E-state index in [1.165, 1.54) is 5.56 Å². The van der Waals surface area contributed by atoms with E-state index in [4.69, 9.17) is 0 Å². The van der Waals surface area contributed by atoms with Gasteiger partial charge in [-0.15, -0.1) is 0 Å². The molecule has 0 saturated heterocycles.